The number of para-hydroxylation sites is 1. The molecule has 0 atom stereocenters. The summed E-state index contributed by atoms with van der Waals surface area (Å²) in [4.78, 5) is 4.27. The third-order valence-corrected chi connectivity index (χ3v) is 3.60. The molecule has 0 saturated heterocycles. The van der Waals surface area contributed by atoms with Crippen molar-refractivity contribution in [3.63, 3.8) is 0 Å². The third kappa shape index (κ3) is 3.64. The monoisotopic (exact) mass is 371 g/mol. The predicted octanol–water partition coefficient (Wildman–Crippen LogP) is 4.03. The largest absolute Gasteiger partial charge is 0.453 e. The minimum absolute atomic E-state index is 0.00779. The zero-order valence-corrected chi connectivity index (χ0v) is 13.6. The maximum absolute atomic E-state index is 12.9. The summed E-state index contributed by atoms with van der Waals surface area (Å²) in [5.41, 5.74) is 1.47. The van der Waals surface area contributed by atoms with Crippen molar-refractivity contribution in [2.45, 2.75) is 6.18 Å². The number of fused-ring (bicyclic) bond motifs is 1. The second-order valence-electron chi connectivity index (χ2n) is 5.56. The number of pyridine rings is 1. The van der Waals surface area contributed by atoms with E-state index in [0.29, 0.717) is 16.0 Å². The van der Waals surface area contributed by atoms with Crippen molar-refractivity contribution < 1.29 is 13.2 Å². The summed E-state index contributed by atoms with van der Waals surface area (Å²) < 4.78 is 39.5. The molecular weight excluding hydrogens is 359 g/mol. The fourth-order valence-electron chi connectivity index (χ4n) is 2.39. The molecule has 27 heavy (non-hydrogen) atoms. The van der Waals surface area contributed by atoms with Crippen LogP contribution < -0.4 is 10.6 Å². The van der Waals surface area contributed by atoms with Gasteiger partial charge in [-0.3, -0.25) is 0 Å². The van der Waals surface area contributed by atoms with Gasteiger partial charge in [-0.25, -0.2) is 4.98 Å². The molecule has 0 aliphatic carbocycles. The van der Waals surface area contributed by atoms with Crippen molar-refractivity contribution in [1.82, 2.24) is 24.8 Å². The number of hydrogen-bond donors (Lipinski definition) is 2. The van der Waals surface area contributed by atoms with Crippen molar-refractivity contribution >= 4 is 28.7 Å². The minimum Gasteiger partial charge on any atom is -0.340 e. The first-order valence-electron chi connectivity index (χ1n) is 7.84. The van der Waals surface area contributed by atoms with Crippen LogP contribution in [0.1, 0.15) is 5.82 Å². The maximum atomic E-state index is 12.9. The van der Waals surface area contributed by atoms with E-state index in [2.05, 4.69) is 30.9 Å². The molecule has 0 aliphatic heterocycles. The number of rotatable bonds is 4. The number of alkyl halides is 3. The van der Waals surface area contributed by atoms with Crippen molar-refractivity contribution in [1.29, 1.82) is 0 Å². The lowest BCUT2D eigenvalue weighted by Crippen LogP contribution is -2.13. The lowest BCUT2D eigenvalue weighted by molar-refractivity contribution is -0.146. The maximum Gasteiger partial charge on any atom is 0.453 e. The molecule has 0 radical (unpaired) electrons. The van der Waals surface area contributed by atoms with E-state index in [1.54, 1.807) is 18.3 Å². The quantitative estimate of drug-likeness (QED) is 0.564. The van der Waals surface area contributed by atoms with E-state index in [9.17, 15) is 13.2 Å². The van der Waals surface area contributed by atoms with Gasteiger partial charge >= 0.3 is 6.18 Å². The Morgan fingerprint density at radius 3 is 2.22 bits per heavy atom. The zero-order valence-electron chi connectivity index (χ0n) is 13.6. The fourth-order valence-corrected chi connectivity index (χ4v) is 2.39. The van der Waals surface area contributed by atoms with Gasteiger partial charge in [0.2, 0.25) is 0 Å². The number of benzene rings is 1. The highest BCUT2D eigenvalue weighted by atomic mass is 19.4. The van der Waals surface area contributed by atoms with E-state index in [0.717, 1.165) is 5.69 Å². The Kier molecular flexibility index (Phi) is 4.07. The molecular formula is C17H12F3N7. The van der Waals surface area contributed by atoms with Crippen LogP contribution in [-0.2, 0) is 6.18 Å². The predicted molar refractivity (Wildman–Crippen MR) is 93.0 cm³/mol. The summed E-state index contributed by atoms with van der Waals surface area (Å²) in [6.45, 7) is 0. The molecule has 0 amide bonds. The lowest BCUT2D eigenvalue weighted by atomic mass is 10.3. The molecule has 0 bridgehead atoms. The molecule has 0 saturated carbocycles. The summed E-state index contributed by atoms with van der Waals surface area (Å²) in [5, 5.41) is 16.6. The second-order valence-corrected chi connectivity index (χ2v) is 5.56. The first kappa shape index (κ1) is 16.8. The van der Waals surface area contributed by atoms with Gasteiger partial charge in [0.15, 0.2) is 11.5 Å². The summed E-state index contributed by atoms with van der Waals surface area (Å²) in [5.74, 6) is -0.339. The highest BCUT2D eigenvalue weighted by molar-refractivity contribution is 5.61. The average Bonchev–Trinajstić information content (AvgIpc) is 3.08. The standard InChI is InChI=1S/C17H12F3N7/c18-17(19,20)16-25-24-15-9-8-14(26-27(15)16)23-12-6-7-13(21-10-12)22-11-4-2-1-3-5-11/h1-10H,(H,21,22)(H,23,26). The molecule has 2 N–H and O–H groups in total. The van der Waals surface area contributed by atoms with Crippen LogP contribution >= 0.6 is 0 Å². The van der Waals surface area contributed by atoms with Crippen molar-refractivity contribution in [2.24, 2.45) is 0 Å². The topological polar surface area (TPSA) is 80.0 Å². The molecule has 10 heteroatoms. The number of aromatic nitrogens is 5. The third-order valence-electron chi connectivity index (χ3n) is 3.60. The van der Waals surface area contributed by atoms with Gasteiger partial charge in [0.1, 0.15) is 5.82 Å². The summed E-state index contributed by atoms with van der Waals surface area (Å²) in [6, 6.07) is 15.9. The van der Waals surface area contributed by atoms with E-state index in [-0.39, 0.29) is 11.5 Å². The van der Waals surface area contributed by atoms with Crippen molar-refractivity contribution in [3.8, 4) is 0 Å². The average molecular weight is 371 g/mol. The van der Waals surface area contributed by atoms with Crippen LogP contribution in [0.2, 0.25) is 0 Å². The van der Waals surface area contributed by atoms with Gasteiger partial charge in [-0.2, -0.15) is 17.7 Å². The van der Waals surface area contributed by atoms with Crippen LogP contribution in [0.25, 0.3) is 5.65 Å². The molecule has 3 aromatic heterocycles. The van der Waals surface area contributed by atoms with Crippen LogP contribution in [0.4, 0.5) is 36.2 Å². The van der Waals surface area contributed by atoms with Gasteiger partial charge in [0.05, 0.1) is 11.9 Å². The van der Waals surface area contributed by atoms with Crippen LogP contribution in [0.5, 0.6) is 0 Å². The van der Waals surface area contributed by atoms with Crippen molar-refractivity contribution in [3.05, 3.63) is 66.6 Å². The fraction of sp³-hybridized carbons (Fsp3) is 0.0588. The molecule has 136 valence electrons. The van der Waals surface area contributed by atoms with E-state index in [1.807, 2.05) is 30.3 Å². The van der Waals surface area contributed by atoms with Gasteiger partial charge in [-0.15, -0.1) is 15.3 Å². The van der Waals surface area contributed by atoms with Gasteiger partial charge in [-0.1, -0.05) is 18.2 Å². The summed E-state index contributed by atoms with van der Waals surface area (Å²) >= 11 is 0. The highest BCUT2D eigenvalue weighted by Crippen LogP contribution is 2.28. The Morgan fingerprint density at radius 1 is 0.778 bits per heavy atom. The van der Waals surface area contributed by atoms with Gasteiger partial charge in [0.25, 0.3) is 5.82 Å². The van der Waals surface area contributed by atoms with Crippen molar-refractivity contribution in [2.75, 3.05) is 10.6 Å². The van der Waals surface area contributed by atoms with Crippen LogP contribution in [0.15, 0.2) is 60.8 Å². The number of nitrogens with zero attached hydrogens (tertiary/aromatic N) is 5. The second kappa shape index (κ2) is 6.56. The Labute approximate surface area is 150 Å². The Balaban J connectivity index is 1.53. The molecule has 1 aromatic carbocycles. The molecule has 0 aliphatic rings. The van der Waals surface area contributed by atoms with Gasteiger partial charge in [-0.05, 0) is 36.4 Å². The van der Waals surface area contributed by atoms with E-state index >= 15 is 0 Å². The van der Waals surface area contributed by atoms with Gasteiger partial charge < -0.3 is 10.6 Å². The van der Waals surface area contributed by atoms with Gasteiger partial charge in [0, 0.05) is 5.69 Å². The molecule has 7 nitrogen and oxygen atoms in total. The summed E-state index contributed by atoms with van der Waals surface area (Å²) in [6.07, 6.45) is -3.09. The molecule has 4 rings (SSSR count). The molecule has 4 aromatic rings. The molecule has 0 spiro atoms. The van der Waals surface area contributed by atoms with Crippen LogP contribution in [0.3, 0.4) is 0 Å². The molecule has 0 unspecified atom stereocenters. The van der Waals surface area contributed by atoms with E-state index in [4.69, 9.17) is 0 Å². The van der Waals surface area contributed by atoms with Crippen LogP contribution in [0, 0.1) is 0 Å². The Morgan fingerprint density at radius 2 is 1.52 bits per heavy atom. The van der Waals surface area contributed by atoms with E-state index in [1.165, 1.54) is 12.1 Å². The molecule has 0 fully saturated rings. The number of halogens is 3. The number of hydrogen-bond acceptors (Lipinski definition) is 6. The first-order valence-corrected chi connectivity index (χ1v) is 7.84. The summed E-state index contributed by atoms with van der Waals surface area (Å²) in [7, 11) is 0. The SMILES string of the molecule is FC(F)(F)c1nnc2ccc(Nc3ccc(Nc4ccccc4)nc3)nn12. The zero-order chi connectivity index (χ0) is 18.9. The Hall–Kier alpha value is -3.69. The Bertz CT molecular complexity index is 1060. The smallest absolute Gasteiger partial charge is 0.340 e. The van der Waals surface area contributed by atoms with E-state index < -0.39 is 12.0 Å². The highest BCUT2D eigenvalue weighted by Gasteiger charge is 2.37. The van der Waals surface area contributed by atoms with Crippen LogP contribution in [-0.4, -0.2) is 24.8 Å². The number of nitrogens with one attached hydrogen (secondary N) is 2. The lowest BCUT2D eigenvalue weighted by Gasteiger charge is -2.09. The number of anilines is 4. The first-order chi connectivity index (χ1) is 13.0. The normalized spacial score (nSPS) is 11.5. The minimum atomic E-state index is -4.64. The molecule has 3 heterocycles.